The van der Waals surface area contributed by atoms with Crippen molar-refractivity contribution in [2.24, 2.45) is 5.92 Å². The quantitative estimate of drug-likeness (QED) is 0.446. The Bertz CT molecular complexity index is 708. The summed E-state index contributed by atoms with van der Waals surface area (Å²) in [6, 6.07) is 4.31. The zero-order chi connectivity index (χ0) is 16.4. The first-order valence-corrected chi connectivity index (χ1v) is 13.6. The van der Waals surface area contributed by atoms with Gasteiger partial charge in [-0.25, -0.2) is 4.98 Å². The van der Waals surface area contributed by atoms with E-state index in [1.807, 2.05) is 19.6 Å². The molecule has 23 heavy (non-hydrogen) atoms. The Kier molecular flexibility index (Phi) is 5.86. The van der Waals surface area contributed by atoms with Crippen molar-refractivity contribution in [1.82, 2.24) is 14.2 Å². The van der Waals surface area contributed by atoms with E-state index in [1.54, 1.807) is 0 Å². The first-order valence-electron chi connectivity index (χ1n) is 7.88. The minimum atomic E-state index is -0.283. The summed E-state index contributed by atoms with van der Waals surface area (Å²) < 4.78 is 2.25. The van der Waals surface area contributed by atoms with Gasteiger partial charge in [-0.15, -0.1) is 0 Å². The zero-order valence-electron chi connectivity index (χ0n) is 13.4. The number of nitrogens with zero attached hydrogens (tertiary/aromatic N) is 3. The number of carbonyl (C=O) groups is 1. The summed E-state index contributed by atoms with van der Waals surface area (Å²) >= 11 is 2.35. The summed E-state index contributed by atoms with van der Waals surface area (Å²) in [5.41, 5.74) is 2.17. The molecule has 1 amide bonds. The van der Waals surface area contributed by atoms with Gasteiger partial charge in [-0.3, -0.25) is 4.79 Å². The summed E-state index contributed by atoms with van der Waals surface area (Å²) in [7, 11) is 1.55. The van der Waals surface area contributed by atoms with Gasteiger partial charge in [0.2, 0.25) is 5.91 Å². The normalized spacial score (nSPS) is 19.7. The average Bonchev–Trinajstić information content (AvgIpc) is 3.10. The van der Waals surface area contributed by atoms with E-state index in [9.17, 15) is 4.79 Å². The highest BCUT2D eigenvalue weighted by molar-refractivity contribution is 14.2. The van der Waals surface area contributed by atoms with Crippen LogP contribution in [0.1, 0.15) is 31.7 Å². The van der Waals surface area contributed by atoms with Crippen molar-refractivity contribution >= 4 is 54.0 Å². The lowest BCUT2D eigenvalue weighted by molar-refractivity contribution is -0.128. The van der Waals surface area contributed by atoms with Crippen molar-refractivity contribution in [2.45, 2.75) is 32.7 Å². The van der Waals surface area contributed by atoms with Crippen LogP contribution in [0.5, 0.6) is 0 Å². The van der Waals surface area contributed by atoms with E-state index < -0.39 is 0 Å². The Morgan fingerprint density at radius 2 is 2.35 bits per heavy atom. The van der Waals surface area contributed by atoms with Crippen molar-refractivity contribution in [3.8, 4) is 0 Å². The van der Waals surface area contributed by atoms with E-state index in [1.165, 1.54) is 5.39 Å². The Balaban J connectivity index is 1.75. The van der Waals surface area contributed by atoms with Crippen molar-refractivity contribution < 1.29 is 4.79 Å². The lowest BCUT2D eigenvalue weighted by Crippen LogP contribution is -2.24. The Morgan fingerprint density at radius 3 is 3.09 bits per heavy atom. The highest BCUT2D eigenvalue weighted by Gasteiger charge is 2.28. The van der Waals surface area contributed by atoms with Gasteiger partial charge >= 0.3 is 0 Å². The largest absolute Gasteiger partial charge is 0.338 e. The van der Waals surface area contributed by atoms with Crippen LogP contribution in [0.3, 0.4) is 0 Å². The number of amides is 1. The minimum absolute atomic E-state index is 0.283. The summed E-state index contributed by atoms with van der Waals surface area (Å²) in [5.74, 6) is 0.828. The van der Waals surface area contributed by atoms with Crippen LogP contribution in [0, 0.1) is 5.92 Å². The van der Waals surface area contributed by atoms with E-state index in [4.69, 9.17) is 0 Å². The van der Waals surface area contributed by atoms with Crippen LogP contribution in [0.4, 0.5) is 0 Å². The van der Waals surface area contributed by atoms with Gasteiger partial charge in [-0.1, -0.05) is 13.3 Å². The molecule has 2 atom stereocenters. The Morgan fingerprint density at radius 1 is 1.52 bits per heavy atom. The molecule has 0 bridgehead atoms. The highest BCUT2D eigenvalue weighted by Crippen LogP contribution is 2.53. The monoisotopic (exact) mass is 461 g/mol. The molecule has 7 heteroatoms. The van der Waals surface area contributed by atoms with E-state index >= 15 is 0 Å². The maximum atomic E-state index is 12.2. The van der Waals surface area contributed by atoms with Gasteiger partial charge in [-0.05, 0) is 45.3 Å². The van der Waals surface area contributed by atoms with Gasteiger partial charge in [0.15, 0.2) is 0 Å². The molecule has 3 rings (SSSR count). The summed E-state index contributed by atoms with van der Waals surface area (Å²) in [5, 5.41) is 1.17. The van der Waals surface area contributed by atoms with Crippen LogP contribution >= 0.6 is 37.0 Å². The third kappa shape index (κ3) is 3.85. The summed E-state index contributed by atoms with van der Waals surface area (Å²) in [6.45, 7) is 6.01. The molecule has 1 aliphatic rings. The number of halogens is 1. The molecule has 0 saturated carbocycles. The van der Waals surface area contributed by atoms with Gasteiger partial charge in [0.05, 0.1) is 7.27 Å². The predicted molar refractivity (Wildman–Crippen MR) is 108 cm³/mol. The first-order chi connectivity index (χ1) is 11.1. The van der Waals surface area contributed by atoms with Gasteiger partial charge in [0.25, 0.3) is 0 Å². The smallest absolute Gasteiger partial charge is 0.223 e. The molecule has 124 valence electrons. The minimum Gasteiger partial charge on any atom is -0.338 e. The molecule has 4 nitrogen and oxygen atoms in total. The molecule has 0 aliphatic carbocycles. The second-order valence-corrected chi connectivity index (χ2v) is 13.1. The van der Waals surface area contributed by atoms with Crippen LogP contribution in [-0.4, -0.2) is 33.3 Å². The van der Waals surface area contributed by atoms with Crippen LogP contribution in [-0.2, 0) is 11.3 Å². The standard InChI is InChI=1S/C16H21IN3OPS/c1-3-4-12-8-15(21)19(10-12)11-13-7-14-5-6-20(22(2)23-17)16(14)18-9-13/h5-7,9,12H,3-4,8,10-11H2,1-2H3. The van der Waals surface area contributed by atoms with Crippen LogP contribution < -0.4 is 0 Å². The van der Waals surface area contributed by atoms with Crippen LogP contribution in [0.2, 0.25) is 0 Å². The number of carbonyl (C=O) groups excluding carboxylic acids is 1. The molecule has 2 aromatic rings. The maximum absolute atomic E-state index is 12.2. The molecule has 2 aromatic heterocycles. The second-order valence-electron chi connectivity index (χ2n) is 6.08. The van der Waals surface area contributed by atoms with E-state index in [0.29, 0.717) is 24.8 Å². The molecule has 0 N–H and O–H groups in total. The zero-order valence-corrected chi connectivity index (χ0v) is 17.3. The van der Waals surface area contributed by atoms with Crippen molar-refractivity contribution in [1.29, 1.82) is 0 Å². The number of fused-ring (bicyclic) bond motifs is 1. The molecule has 1 saturated heterocycles. The van der Waals surface area contributed by atoms with Crippen molar-refractivity contribution in [3.05, 3.63) is 30.1 Å². The molecule has 3 heterocycles. The fourth-order valence-electron chi connectivity index (χ4n) is 3.23. The van der Waals surface area contributed by atoms with E-state index in [2.05, 4.69) is 62.4 Å². The molecule has 2 unspecified atom stereocenters. The van der Waals surface area contributed by atoms with Crippen LogP contribution in [0.25, 0.3) is 11.0 Å². The molecule has 1 fully saturated rings. The SMILES string of the molecule is CCCC1CC(=O)N(Cc2cnc3c(ccn3P(C)SI)c2)C1. The predicted octanol–water partition coefficient (Wildman–Crippen LogP) is 5.06. The summed E-state index contributed by atoms with van der Waals surface area (Å²) in [6.07, 6.45) is 7.07. The number of hydrogen-bond acceptors (Lipinski definition) is 3. The van der Waals surface area contributed by atoms with Gasteiger partial charge in [0, 0.05) is 58.5 Å². The first kappa shape index (κ1) is 17.5. The lowest BCUT2D eigenvalue weighted by atomic mass is 10.0. The van der Waals surface area contributed by atoms with Crippen molar-refractivity contribution in [2.75, 3.05) is 13.2 Å². The molecular weight excluding hydrogens is 440 g/mol. The number of aromatic nitrogens is 2. The van der Waals surface area contributed by atoms with E-state index in [-0.39, 0.29) is 7.27 Å². The Labute approximate surface area is 154 Å². The third-order valence-electron chi connectivity index (χ3n) is 4.33. The summed E-state index contributed by atoms with van der Waals surface area (Å²) in [4.78, 5) is 18.8. The molecule has 0 radical (unpaired) electrons. The molecular formula is C16H21IN3OPS. The molecule has 0 spiro atoms. The van der Waals surface area contributed by atoms with Gasteiger partial charge in [0.1, 0.15) is 5.65 Å². The maximum Gasteiger partial charge on any atom is 0.223 e. The third-order valence-corrected chi connectivity index (χ3v) is 11.7. The number of pyridine rings is 1. The fraction of sp³-hybridized carbons (Fsp3) is 0.500. The topological polar surface area (TPSA) is 38.1 Å². The van der Waals surface area contributed by atoms with Gasteiger partial charge < -0.3 is 9.24 Å². The fourth-order valence-corrected chi connectivity index (χ4v) is 6.29. The van der Waals surface area contributed by atoms with Crippen LogP contribution in [0.15, 0.2) is 24.5 Å². The highest BCUT2D eigenvalue weighted by atomic mass is 127. The molecule has 1 aliphatic heterocycles. The lowest BCUT2D eigenvalue weighted by Gasteiger charge is -2.17. The number of rotatable bonds is 6. The molecule has 0 aromatic carbocycles. The van der Waals surface area contributed by atoms with Gasteiger partial charge in [-0.2, -0.15) is 0 Å². The Hall–Kier alpha value is -0.330. The van der Waals surface area contributed by atoms with E-state index in [0.717, 1.165) is 30.6 Å². The van der Waals surface area contributed by atoms with Crippen molar-refractivity contribution in [3.63, 3.8) is 0 Å². The average molecular weight is 461 g/mol. The second kappa shape index (κ2) is 7.70. The number of hydrogen-bond donors (Lipinski definition) is 0. The number of likely N-dealkylation sites (tertiary alicyclic amines) is 1.